The SMILES string of the molecule is COc1cnn(C)c1C(N)CSc1ccc(Br)cc1. The van der Waals surface area contributed by atoms with Crippen molar-refractivity contribution in [2.45, 2.75) is 10.9 Å². The molecule has 1 unspecified atom stereocenters. The van der Waals surface area contributed by atoms with E-state index in [0.717, 1.165) is 21.7 Å². The van der Waals surface area contributed by atoms with Crippen LogP contribution in [0.25, 0.3) is 0 Å². The fraction of sp³-hybridized carbons (Fsp3) is 0.308. The predicted molar refractivity (Wildman–Crippen MR) is 81.6 cm³/mol. The molecule has 4 nitrogen and oxygen atoms in total. The number of aryl methyl sites for hydroxylation is 1. The Balaban J connectivity index is 2.03. The molecule has 1 aromatic heterocycles. The van der Waals surface area contributed by atoms with Crippen molar-refractivity contribution in [3.8, 4) is 5.75 Å². The molecule has 1 aromatic carbocycles. The Morgan fingerprint density at radius 3 is 2.74 bits per heavy atom. The standard InChI is InChI=1S/C13H16BrN3OS/c1-17-13(12(18-2)7-16-17)11(15)8-19-10-5-3-9(14)4-6-10/h3-7,11H,8,15H2,1-2H3. The molecule has 2 N–H and O–H groups in total. The van der Waals surface area contributed by atoms with E-state index >= 15 is 0 Å². The normalized spacial score (nSPS) is 12.4. The lowest BCUT2D eigenvalue weighted by molar-refractivity contribution is 0.405. The molecule has 2 aromatic rings. The van der Waals surface area contributed by atoms with Gasteiger partial charge in [0.2, 0.25) is 0 Å². The second-order valence-corrected chi connectivity index (χ2v) is 6.10. The summed E-state index contributed by atoms with van der Waals surface area (Å²) < 4.78 is 8.12. The van der Waals surface area contributed by atoms with E-state index in [4.69, 9.17) is 10.5 Å². The summed E-state index contributed by atoms with van der Waals surface area (Å²) in [4.78, 5) is 1.19. The highest BCUT2D eigenvalue weighted by Gasteiger charge is 2.17. The molecule has 0 saturated carbocycles. The van der Waals surface area contributed by atoms with Crippen LogP contribution in [0.2, 0.25) is 0 Å². The molecule has 0 saturated heterocycles. The summed E-state index contributed by atoms with van der Waals surface area (Å²) in [6, 6.07) is 8.08. The van der Waals surface area contributed by atoms with E-state index < -0.39 is 0 Å². The average molecular weight is 342 g/mol. The van der Waals surface area contributed by atoms with Crippen molar-refractivity contribution in [3.63, 3.8) is 0 Å². The highest BCUT2D eigenvalue weighted by Crippen LogP contribution is 2.28. The number of ether oxygens (including phenoxy) is 1. The average Bonchev–Trinajstić information content (AvgIpc) is 2.79. The largest absolute Gasteiger partial charge is 0.493 e. The van der Waals surface area contributed by atoms with Gasteiger partial charge in [-0.15, -0.1) is 11.8 Å². The minimum atomic E-state index is -0.115. The van der Waals surface area contributed by atoms with Crippen molar-refractivity contribution < 1.29 is 4.74 Å². The second kappa shape index (κ2) is 6.45. The van der Waals surface area contributed by atoms with Crippen molar-refractivity contribution in [1.29, 1.82) is 0 Å². The first kappa shape index (κ1) is 14.4. The number of methoxy groups -OCH3 is 1. The third-order valence-electron chi connectivity index (χ3n) is 2.76. The maximum Gasteiger partial charge on any atom is 0.161 e. The van der Waals surface area contributed by atoms with Gasteiger partial charge in [0.25, 0.3) is 0 Å². The zero-order valence-corrected chi connectivity index (χ0v) is 13.2. The zero-order valence-electron chi connectivity index (χ0n) is 10.8. The molecule has 0 aliphatic heterocycles. The molecule has 2 rings (SSSR count). The number of hydrogen-bond acceptors (Lipinski definition) is 4. The maximum absolute atomic E-state index is 6.22. The van der Waals surface area contributed by atoms with Gasteiger partial charge < -0.3 is 10.5 Å². The Labute approximate surface area is 125 Å². The van der Waals surface area contributed by atoms with E-state index in [2.05, 4.69) is 33.2 Å². The first-order valence-corrected chi connectivity index (χ1v) is 7.59. The summed E-state index contributed by atoms with van der Waals surface area (Å²) >= 11 is 5.14. The number of benzene rings is 1. The quantitative estimate of drug-likeness (QED) is 0.849. The molecule has 0 spiro atoms. The van der Waals surface area contributed by atoms with Crippen LogP contribution in [-0.4, -0.2) is 22.6 Å². The van der Waals surface area contributed by atoms with Crippen molar-refractivity contribution in [2.75, 3.05) is 12.9 Å². The van der Waals surface area contributed by atoms with E-state index in [9.17, 15) is 0 Å². The fourth-order valence-electron chi connectivity index (χ4n) is 1.80. The van der Waals surface area contributed by atoms with Crippen molar-refractivity contribution in [2.24, 2.45) is 12.8 Å². The highest BCUT2D eigenvalue weighted by molar-refractivity contribution is 9.10. The number of halogens is 1. The van der Waals surface area contributed by atoms with Gasteiger partial charge in [0.05, 0.1) is 25.0 Å². The molecule has 1 atom stereocenters. The van der Waals surface area contributed by atoms with Gasteiger partial charge in [0.15, 0.2) is 5.75 Å². The minimum Gasteiger partial charge on any atom is -0.493 e. The molecular formula is C13H16BrN3OS. The van der Waals surface area contributed by atoms with Crippen molar-refractivity contribution in [3.05, 3.63) is 40.6 Å². The molecule has 0 fully saturated rings. The van der Waals surface area contributed by atoms with E-state index in [1.165, 1.54) is 4.90 Å². The lowest BCUT2D eigenvalue weighted by Gasteiger charge is -2.13. The predicted octanol–water partition coefficient (Wildman–Crippen LogP) is 2.98. The van der Waals surface area contributed by atoms with Gasteiger partial charge >= 0.3 is 0 Å². The van der Waals surface area contributed by atoms with Crippen molar-refractivity contribution >= 4 is 27.7 Å². The van der Waals surface area contributed by atoms with E-state index in [1.807, 2.05) is 19.2 Å². The fourth-order valence-corrected chi connectivity index (χ4v) is 2.93. The summed E-state index contributed by atoms with van der Waals surface area (Å²) in [5.41, 5.74) is 7.15. The van der Waals surface area contributed by atoms with Gasteiger partial charge in [-0.1, -0.05) is 15.9 Å². The molecule has 19 heavy (non-hydrogen) atoms. The summed E-state index contributed by atoms with van der Waals surface area (Å²) in [5, 5.41) is 4.17. The van der Waals surface area contributed by atoms with Crippen LogP contribution < -0.4 is 10.5 Å². The van der Waals surface area contributed by atoms with Gasteiger partial charge in [-0.3, -0.25) is 4.68 Å². The molecule has 0 aliphatic carbocycles. The van der Waals surface area contributed by atoms with Gasteiger partial charge in [0.1, 0.15) is 0 Å². The Kier molecular flexibility index (Phi) is 4.90. The smallest absolute Gasteiger partial charge is 0.161 e. The first-order valence-electron chi connectivity index (χ1n) is 5.81. The summed E-state index contributed by atoms with van der Waals surface area (Å²) in [6.45, 7) is 0. The van der Waals surface area contributed by atoms with E-state index in [1.54, 1.807) is 29.8 Å². The summed E-state index contributed by atoms with van der Waals surface area (Å²) in [6.07, 6.45) is 1.69. The number of nitrogens with zero attached hydrogens (tertiary/aromatic N) is 2. The molecule has 0 radical (unpaired) electrons. The number of thioether (sulfide) groups is 1. The summed E-state index contributed by atoms with van der Waals surface area (Å²) in [5.74, 6) is 1.52. The van der Waals surface area contributed by atoms with Crippen LogP contribution in [0.1, 0.15) is 11.7 Å². The van der Waals surface area contributed by atoms with Crippen LogP contribution in [0.3, 0.4) is 0 Å². The monoisotopic (exact) mass is 341 g/mol. The zero-order chi connectivity index (χ0) is 13.8. The van der Waals surface area contributed by atoms with E-state index in [0.29, 0.717) is 0 Å². The molecule has 0 bridgehead atoms. The third kappa shape index (κ3) is 3.52. The van der Waals surface area contributed by atoms with Crippen LogP contribution in [0.5, 0.6) is 5.75 Å². The molecular weight excluding hydrogens is 326 g/mol. The van der Waals surface area contributed by atoms with E-state index in [-0.39, 0.29) is 6.04 Å². The Bertz CT molecular complexity index is 541. The molecule has 6 heteroatoms. The molecule has 0 aliphatic rings. The van der Waals surface area contributed by atoms with Crippen LogP contribution >= 0.6 is 27.7 Å². The maximum atomic E-state index is 6.22. The Morgan fingerprint density at radius 1 is 1.42 bits per heavy atom. The Morgan fingerprint density at radius 2 is 2.11 bits per heavy atom. The molecule has 102 valence electrons. The Hall–Kier alpha value is -0.980. The number of hydrogen-bond donors (Lipinski definition) is 1. The highest BCUT2D eigenvalue weighted by atomic mass is 79.9. The number of rotatable bonds is 5. The lowest BCUT2D eigenvalue weighted by atomic mass is 10.2. The topological polar surface area (TPSA) is 53.1 Å². The minimum absolute atomic E-state index is 0.115. The third-order valence-corrected chi connectivity index (χ3v) is 4.42. The first-order chi connectivity index (χ1) is 9.11. The van der Waals surface area contributed by atoms with Crippen molar-refractivity contribution in [1.82, 2.24) is 9.78 Å². The van der Waals surface area contributed by atoms with Crippen LogP contribution in [0.4, 0.5) is 0 Å². The molecule has 1 heterocycles. The van der Waals surface area contributed by atoms with Gasteiger partial charge in [-0.05, 0) is 24.3 Å². The van der Waals surface area contributed by atoms with Gasteiger partial charge in [0, 0.05) is 22.2 Å². The van der Waals surface area contributed by atoms with Gasteiger partial charge in [-0.25, -0.2) is 0 Å². The van der Waals surface area contributed by atoms with Gasteiger partial charge in [-0.2, -0.15) is 5.10 Å². The summed E-state index contributed by atoms with van der Waals surface area (Å²) in [7, 11) is 3.51. The van der Waals surface area contributed by atoms with Crippen LogP contribution in [0.15, 0.2) is 39.8 Å². The number of aromatic nitrogens is 2. The van der Waals surface area contributed by atoms with Crippen LogP contribution in [0, 0.1) is 0 Å². The van der Waals surface area contributed by atoms with Crippen LogP contribution in [-0.2, 0) is 7.05 Å². The second-order valence-electron chi connectivity index (χ2n) is 4.09. The molecule has 0 amide bonds. The number of nitrogens with two attached hydrogens (primary N) is 1. The lowest BCUT2D eigenvalue weighted by Crippen LogP contribution is -2.17.